The van der Waals surface area contributed by atoms with Crippen LogP contribution in [0.5, 0.6) is 0 Å². The predicted molar refractivity (Wildman–Crippen MR) is 88.3 cm³/mol. The number of hydrogen-bond donors (Lipinski definition) is 0. The Bertz CT molecular complexity index is 719. The first-order valence-corrected chi connectivity index (χ1v) is 8.33. The summed E-state index contributed by atoms with van der Waals surface area (Å²) in [6, 6.07) is 3.59. The molecular formula is C16H19BrClFN2. The monoisotopic (exact) mass is 372 g/mol. The van der Waals surface area contributed by atoms with E-state index >= 15 is 0 Å². The van der Waals surface area contributed by atoms with E-state index < -0.39 is 0 Å². The van der Waals surface area contributed by atoms with E-state index in [1.807, 2.05) is 13.0 Å². The lowest BCUT2D eigenvalue weighted by molar-refractivity contribution is 0.457. The standard InChI is InChI=1S/C16H19BrClFN2/c1-8(18)13-20-11-7-10(19)9(17)6-12(11)21(13)14-15(2,3)16(14,4)5/h6-8,14H,1-5H3. The van der Waals surface area contributed by atoms with Crippen LogP contribution in [0.3, 0.4) is 0 Å². The molecule has 21 heavy (non-hydrogen) atoms. The van der Waals surface area contributed by atoms with Gasteiger partial charge in [0.05, 0.1) is 20.9 Å². The molecule has 2 nitrogen and oxygen atoms in total. The highest BCUT2D eigenvalue weighted by Crippen LogP contribution is 2.72. The molecule has 0 bridgehead atoms. The van der Waals surface area contributed by atoms with E-state index in [0.717, 1.165) is 11.3 Å². The number of halogens is 3. The van der Waals surface area contributed by atoms with Crippen LogP contribution in [-0.4, -0.2) is 9.55 Å². The minimum atomic E-state index is -0.296. The van der Waals surface area contributed by atoms with Crippen LogP contribution in [0.1, 0.15) is 51.9 Å². The highest BCUT2D eigenvalue weighted by atomic mass is 79.9. The molecule has 1 aromatic carbocycles. The molecular weight excluding hydrogens is 355 g/mol. The van der Waals surface area contributed by atoms with Crippen molar-refractivity contribution in [3.05, 3.63) is 28.2 Å². The Morgan fingerprint density at radius 2 is 1.86 bits per heavy atom. The van der Waals surface area contributed by atoms with Crippen LogP contribution in [0, 0.1) is 16.6 Å². The van der Waals surface area contributed by atoms with Crippen LogP contribution in [0.4, 0.5) is 4.39 Å². The SMILES string of the molecule is CC(Cl)c1nc2cc(F)c(Br)cc2n1C1C(C)(C)C1(C)C. The van der Waals surface area contributed by atoms with Crippen molar-refractivity contribution in [2.24, 2.45) is 10.8 Å². The molecule has 1 aromatic heterocycles. The average Bonchev–Trinajstić information content (AvgIpc) is 2.66. The summed E-state index contributed by atoms with van der Waals surface area (Å²) in [5.74, 6) is 0.517. The second kappa shape index (κ2) is 4.45. The fourth-order valence-corrected chi connectivity index (χ4v) is 3.95. The molecule has 1 aliphatic carbocycles. The maximum absolute atomic E-state index is 13.8. The first kappa shape index (κ1) is 15.3. The summed E-state index contributed by atoms with van der Waals surface area (Å²) >= 11 is 9.60. The minimum Gasteiger partial charge on any atom is -0.322 e. The topological polar surface area (TPSA) is 17.8 Å². The molecule has 1 atom stereocenters. The van der Waals surface area contributed by atoms with E-state index in [1.54, 1.807) is 0 Å². The highest BCUT2D eigenvalue weighted by Gasteiger charge is 2.66. The number of benzene rings is 1. The molecule has 0 saturated heterocycles. The lowest BCUT2D eigenvalue weighted by atomic mass is 10.0. The number of alkyl halides is 1. The summed E-state index contributed by atoms with van der Waals surface area (Å²) in [4.78, 5) is 4.58. The summed E-state index contributed by atoms with van der Waals surface area (Å²) in [5.41, 5.74) is 1.91. The molecule has 0 amide bonds. The first-order valence-electron chi connectivity index (χ1n) is 7.10. The van der Waals surface area contributed by atoms with Crippen molar-refractivity contribution in [1.29, 1.82) is 0 Å². The Balaban J connectivity index is 2.30. The van der Waals surface area contributed by atoms with E-state index in [-0.39, 0.29) is 22.0 Å². The van der Waals surface area contributed by atoms with Gasteiger partial charge in [-0.3, -0.25) is 0 Å². The fraction of sp³-hybridized carbons (Fsp3) is 0.562. The zero-order valence-electron chi connectivity index (χ0n) is 12.8. The summed E-state index contributed by atoms with van der Waals surface area (Å²) in [6.07, 6.45) is 0. The van der Waals surface area contributed by atoms with Crippen molar-refractivity contribution in [1.82, 2.24) is 9.55 Å². The second-order valence-electron chi connectivity index (χ2n) is 7.06. The van der Waals surface area contributed by atoms with E-state index in [1.165, 1.54) is 6.07 Å². The Morgan fingerprint density at radius 3 is 2.33 bits per heavy atom. The van der Waals surface area contributed by atoms with Gasteiger partial charge in [0.2, 0.25) is 0 Å². The smallest absolute Gasteiger partial charge is 0.139 e. The minimum absolute atomic E-state index is 0.155. The molecule has 0 N–H and O–H groups in total. The van der Waals surface area contributed by atoms with Crippen molar-refractivity contribution in [2.75, 3.05) is 0 Å². The number of rotatable bonds is 2. The molecule has 0 aliphatic heterocycles. The van der Waals surface area contributed by atoms with Gasteiger partial charge in [-0.05, 0) is 39.8 Å². The van der Waals surface area contributed by atoms with Crippen molar-refractivity contribution < 1.29 is 4.39 Å². The summed E-state index contributed by atoms with van der Waals surface area (Å²) in [7, 11) is 0. The number of hydrogen-bond acceptors (Lipinski definition) is 1. The molecule has 1 fully saturated rings. The number of aromatic nitrogens is 2. The lowest BCUT2D eigenvalue weighted by Gasteiger charge is -2.13. The molecule has 0 spiro atoms. The molecule has 0 radical (unpaired) electrons. The fourth-order valence-electron chi connectivity index (χ4n) is 3.47. The van der Waals surface area contributed by atoms with Gasteiger partial charge in [0.1, 0.15) is 11.6 Å². The van der Waals surface area contributed by atoms with Crippen LogP contribution in [0.2, 0.25) is 0 Å². The van der Waals surface area contributed by atoms with Crippen LogP contribution in [0.15, 0.2) is 16.6 Å². The molecule has 114 valence electrons. The van der Waals surface area contributed by atoms with Crippen molar-refractivity contribution in [3.8, 4) is 0 Å². The summed E-state index contributed by atoms with van der Waals surface area (Å²) in [5, 5.41) is -0.216. The van der Waals surface area contributed by atoms with Gasteiger partial charge < -0.3 is 4.57 Å². The van der Waals surface area contributed by atoms with Gasteiger partial charge in [-0.25, -0.2) is 9.37 Å². The third-order valence-electron chi connectivity index (χ3n) is 5.32. The van der Waals surface area contributed by atoms with Gasteiger partial charge in [-0.1, -0.05) is 27.7 Å². The largest absolute Gasteiger partial charge is 0.322 e. The van der Waals surface area contributed by atoms with Crippen LogP contribution in [0.25, 0.3) is 11.0 Å². The van der Waals surface area contributed by atoms with Crippen LogP contribution >= 0.6 is 27.5 Å². The normalized spacial score (nSPS) is 21.7. The van der Waals surface area contributed by atoms with Crippen molar-refractivity contribution in [3.63, 3.8) is 0 Å². The first-order chi connectivity index (χ1) is 9.59. The second-order valence-corrected chi connectivity index (χ2v) is 8.57. The Labute approximate surface area is 137 Å². The quantitative estimate of drug-likeness (QED) is 0.604. The third kappa shape index (κ3) is 1.98. The van der Waals surface area contributed by atoms with Crippen LogP contribution < -0.4 is 0 Å². The molecule has 3 rings (SSSR count). The van der Waals surface area contributed by atoms with Gasteiger partial charge in [0, 0.05) is 12.1 Å². The van der Waals surface area contributed by atoms with Gasteiger partial charge in [0.15, 0.2) is 0 Å². The Hall–Kier alpha value is -0.610. The van der Waals surface area contributed by atoms with E-state index in [0.29, 0.717) is 16.0 Å². The zero-order valence-corrected chi connectivity index (χ0v) is 15.2. The number of nitrogens with zero attached hydrogens (tertiary/aromatic N) is 2. The van der Waals surface area contributed by atoms with Gasteiger partial charge in [-0.15, -0.1) is 11.6 Å². The van der Waals surface area contributed by atoms with Gasteiger partial charge >= 0.3 is 0 Å². The molecule has 1 saturated carbocycles. The van der Waals surface area contributed by atoms with Crippen LogP contribution in [-0.2, 0) is 0 Å². The maximum Gasteiger partial charge on any atom is 0.139 e. The highest BCUT2D eigenvalue weighted by molar-refractivity contribution is 9.10. The molecule has 5 heteroatoms. The average molecular weight is 374 g/mol. The van der Waals surface area contributed by atoms with E-state index in [2.05, 4.69) is 53.2 Å². The maximum atomic E-state index is 13.8. The van der Waals surface area contributed by atoms with E-state index in [9.17, 15) is 4.39 Å². The number of fused-ring (bicyclic) bond motifs is 1. The molecule has 2 aromatic rings. The predicted octanol–water partition coefficient (Wildman–Crippen LogP) is 5.84. The number of imidazole rings is 1. The summed E-state index contributed by atoms with van der Waals surface area (Å²) in [6.45, 7) is 10.9. The van der Waals surface area contributed by atoms with Gasteiger partial charge in [-0.2, -0.15) is 0 Å². The van der Waals surface area contributed by atoms with Crippen molar-refractivity contribution >= 4 is 38.6 Å². The molecule has 1 heterocycles. The van der Waals surface area contributed by atoms with E-state index in [4.69, 9.17) is 11.6 Å². The third-order valence-corrected chi connectivity index (χ3v) is 6.12. The van der Waals surface area contributed by atoms with Gasteiger partial charge in [0.25, 0.3) is 0 Å². The lowest BCUT2D eigenvalue weighted by Crippen LogP contribution is -2.07. The van der Waals surface area contributed by atoms with Crippen molar-refractivity contribution in [2.45, 2.75) is 46.0 Å². The summed E-state index contributed by atoms with van der Waals surface area (Å²) < 4.78 is 16.4. The zero-order chi connectivity index (χ0) is 15.7. The Kier molecular flexibility index (Phi) is 3.24. The molecule has 1 unspecified atom stereocenters. The Morgan fingerprint density at radius 1 is 1.29 bits per heavy atom. The molecule has 1 aliphatic rings.